The first-order valence-electron chi connectivity index (χ1n) is 6.91. The fourth-order valence-electron chi connectivity index (χ4n) is 2.41. The number of nitrogens with zero attached hydrogens (tertiary/aromatic N) is 1. The maximum Gasteiger partial charge on any atom is 0.226 e. The Morgan fingerprint density at radius 2 is 2.05 bits per heavy atom. The second-order valence-corrected chi connectivity index (χ2v) is 5.28. The number of carbonyl (C=O) groups is 1. The van der Waals surface area contributed by atoms with Crippen molar-refractivity contribution >= 4 is 5.91 Å². The highest BCUT2D eigenvalue weighted by atomic mass is 19.1. The van der Waals surface area contributed by atoms with E-state index in [1.54, 1.807) is 4.90 Å². The van der Waals surface area contributed by atoms with E-state index in [1.165, 1.54) is 24.3 Å². The second-order valence-electron chi connectivity index (χ2n) is 5.28. The van der Waals surface area contributed by atoms with E-state index in [0.717, 1.165) is 12.8 Å². The molecular formula is C15H20FNO3. The molecule has 1 aliphatic heterocycles. The van der Waals surface area contributed by atoms with Crippen LogP contribution >= 0.6 is 0 Å². The average Bonchev–Trinajstić information content (AvgIpc) is 2.38. The normalized spacial score (nSPS) is 16.6. The van der Waals surface area contributed by atoms with Crippen LogP contribution in [0.15, 0.2) is 24.3 Å². The van der Waals surface area contributed by atoms with Crippen LogP contribution in [0.1, 0.15) is 26.2 Å². The lowest BCUT2D eigenvalue weighted by molar-refractivity contribution is -0.157. The zero-order chi connectivity index (χ0) is 14.6. The van der Waals surface area contributed by atoms with Crippen LogP contribution in [0.3, 0.4) is 0 Å². The van der Waals surface area contributed by atoms with Gasteiger partial charge in [0, 0.05) is 0 Å². The lowest BCUT2D eigenvalue weighted by Crippen LogP contribution is -2.63. The molecule has 0 spiro atoms. The number of carbonyl (C=O) groups excluding carboxylic acids is 1. The maximum absolute atomic E-state index is 12.7. The number of hydrogen-bond acceptors (Lipinski definition) is 3. The molecule has 1 heterocycles. The zero-order valence-corrected chi connectivity index (χ0v) is 11.6. The lowest BCUT2D eigenvalue weighted by atomic mass is 9.89. The van der Waals surface area contributed by atoms with Crippen molar-refractivity contribution in [3.63, 3.8) is 0 Å². The molecule has 0 saturated carbocycles. The molecule has 2 rings (SSSR count). The molecule has 1 N–H and O–H groups in total. The van der Waals surface area contributed by atoms with E-state index in [0.29, 0.717) is 18.8 Å². The minimum absolute atomic E-state index is 0.0205. The predicted octanol–water partition coefficient (Wildman–Crippen LogP) is 1.97. The van der Waals surface area contributed by atoms with E-state index in [4.69, 9.17) is 4.74 Å². The molecule has 0 unspecified atom stereocenters. The maximum atomic E-state index is 12.7. The van der Waals surface area contributed by atoms with E-state index >= 15 is 0 Å². The van der Waals surface area contributed by atoms with Crippen LogP contribution in [0.4, 0.5) is 4.39 Å². The van der Waals surface area contributed by atoms with Gasteiger partial charge in [0.15, 0.2) is 0 Å². The Kier molecular flexibility index (Phi) is 4.60. The molecular weight excluding hydrogens is 261 g/mol. The molecule has 0 aliphatic carbocycles. The number of benzene rings is 1. The standard InChI is InChI=1S/C15H20FNO3/c1-2-8-15(19)10-17(11-15)14(18)7-9-20-13-5-3-12(16)4-6-13/h3-6,19H,2,7-11H2,1H3. The van der Waals surface area contributed by atoms with Crippen molar-refractivity contribution in [2.24, 2.45) is 0 Å². The van der Waals surface area contributed by atoms with Gasteiger partial charge in [-0.05, 0) is 30.7 Å². The number of halogens is 1. The summed E-state index contributed by atoms with van der Waals surface area (Å²) in [6.45, 7) is 3.10. The summed E-state index contributed by atoms with van der Waals surface area (Å²) in [7, 11) is 0. The van der Waals surface area contributed by atoms with E-state index in [2.05, 4.69) is 0 Å². The van der Waals surface area contributed by atoms with Crippen molar-refractivity contribution in [3.05, 3.63) is 30.1 Å². The molecule has 0 aromatic heterocycles. The molecule has 0 atom stereocenters. The van der Waals surface area contributed by atoms with Crippen LogP contribution in [0.5, 0.6) is 5.75 Å². The lowest BCUT2D eigenvalue weighted by Gasteiger charge is -2.46. The Labute approximate surface area is 118 Å². The molecule has 0 bridgehead atoms. The monoisotopic (exact) mass is 281 g/mol. The van der Waals surface area contributed by atoms with Crippen molar-refractivity contribution < 1.29 is 19.0 Å². The highest BCUT2D eigenvalue weighted by molar-refractivity contribution is 5.77. The molecule has 1 saturated heterocycles. The Morgan fingerprint density at radius 1 is 1.40 bits per heavy atom. The van der Waals surface area contributed by atoms with Crippen LogP contribution in [-0.4, -0.2) is 41.2 Å². The van der Waals surface area contributed by atoms with Crippen LogP contribution in [0.2, 0.25) is 0 Å². The van der Waals surface area contributed by atoms with Crippen LogP contribution in [0, 0.1) is 5.82 Å². The highest BCUT2D eigenvalue weighted by Crippen LogP contribution is 2.26. The summed E-state index contributed by atoms with van der Waals surface area (Å²) in [6, 6.07) is 5.70. The Hall–Kier alpha value is -1.62. The molecule has 0 radical (unpaired) electrons. The smallest absolute Gasteiger partial charge is 0.226 e. The number of rotatable bonds is 6. The fraction of sp³-hybridized carbons (Fsp3) is 0.533. The fourth-order valence-corrected chi connectivity index (χ4v) is 2.41. The van der Waals surface area contributed by atoms with Crippen molar-refractivity contribution in [1.82, 2.24) is 4.90 Å². The van der Waals surface area contributed by atoms with Gasteiger partial charge in [-0.15, -0.1) is 0 Å². The van der Waals surface area contributed by atoms with Gasteiger partial charge in [-0.25, -0.2) is 4.39 Å². The number of amides is 1. The van der Waals surface area contributed by atoms with Gasteiger partial charge in [-0.3, -0.25) is 4.79 Å². The number of hydrogen-bond donors (Lipinski definition) is 1. The molecule has 1 aliphatic rings. The molecule has 1 fully saturated rings. The van der Waals surface area contributed by atoms with Crippen molar-refractivity contribution in [3.8, 4) is 5.75 Å². The average molecular weight is 281 g/mol. The first kappa shape index (κ1) is 14.8. The summed E-state index contributed by atoms with van der Waals surface area (Å²) in [5, 5.41) is 10.00. The largest absolute Gasteiger partial charge is 0.493 e. The van der Waals surface area contributed by atoms with Crippen LogP contribution in [0.25, 0.3) is 0 Å². The predicted molar refractivity (Wildman–Crippen MR) is 72.9 cm³/mol. The van der Waals surface area contributed by atoms with E-state index in [-0.39, 0.29) is 24.8 Å². The van der Waals surface area contributed by atoms with Gasteiger partial charge >= 0.3 is 0 Å². The number of β-amino-alcohol motifs (C(OH)–C–C–N with tert-alkyl or cyclic N) is 1. The molecule has 4 nitrogen and oxygen atoms in total. The minimum atomic E-state index is -0.692. The highest BCUT2D eigenvalue weighted by Gasteiger charge is 2.42. The molecule has 110 valence electrons. The van der Waals surface area contributed by atoms with Gasteiger partial charge < -0.3 is 14.7 Å². The van der Waals surface area contributed by atoms with Gasteiger partial charge in [0.05, 0.1) is 31.7 Å². The van der Waals surface area contributed by atoms with Crippen molar-refractivity contribution in [1.29, 1.82) is 0 Å². The third-order valence-electron chi connectivity index (χ3n) is 3.44. The third-order valence-corrected chi connectivity index (χ3v) is 3.44. The minimum Gasteiger partial charge on any atom is -0.493 e. The first-order valence-corrected chi connectivity index (χ1v) is 6.91. The van der Waals surface area contributed by atoms with Crippen LogP contribution in [-0.2, 0) is 4.79 Å². The first-order chi connectivity index (χ1) is 9.52. The van der Waals surface area contributed by atoms with E-state index in [9.17, 15) is 14.3 Å². The zero-order valence-electron chi connectivity index (χ0n) is 11.6. The van der Waals surface area contributed by atoms with Crippen molar-refractivity contribution in [2.75, 3.05) is 19.7 Å². The SMILES string of the molecule is CCCC1(O)CN(C(=O)CCOc2ccc(F)cc2)C1. The molecule has 5 heteroatoms. The van der Waals surface area contributed by atoms with Crippen LogP contribution < -0.4 is 4.74 Å². The summed E-state index contributed by atoms with van der Waals surface area (Å²) >= 11 is 0. The van der Waals surface area contributed by atoms with E-state index in [1.807, 2.05) is 6.92 Å². The molecule has 1 aromatic rings. The summed E-state index contributed by atoms with van der Waals surface area (Å²) in [6.07, 6.45) is 1.90. The van der Waals surface area contributed by atoms with Gasteiger partial charge in [0.2, 0.25) is 5.91 Å². The van der Waals surface area contributed by atoms with Gasteiger partial charge in [0.1, 0.15) is 11.6 Å². The summed E-state index contributed by atoms with van der Waals surface area (Å²) in [5.74, 6) is 0.211. The quantitative estimate of drug-likeness (QED) is 0.867. The Morgan fingerprint density at radius 3 is 2.65 bits per heavy atom. The van der Waals surface area contributed by atoms with Gasteiger partial charge in [-0.1, -0.05) is 13.3 Å². The second kappa shape index (κ2) is 6.22. The molecule has 20 heavy (non-hydrogen) atoms. The summed E-state index contributed by atoms with van der Waals surface area (Å²) in [4.78, 5) is 13.5. The topological polar surface area (TPSA) is 49.8 Å². The van der Waals surface area contributed by atoms with Gasteiger partial charge in [-0.2, -0.15) is 0 Å². The summed E-state index contributed by atoms with van der Waals surface area (Å²) in [5.41, 5.74) is -0.692. The molecule has 1 aromatic carbocycles. The third kappa shape index (κ3) is 3.70. The number of aliphatic hydroxyl groups is 1. The summed E-state index contributed by atoms with van der Waals surface area (Å²) < 4.78 is 18.1. The number of ether oxygens (including phenoxy) is 1. The Bertz CT molecular complexity index is 455. The number of likely N-dealkylation sites (tertiary alicyclic amines) is 1. The van der Waals surface area contributed by atoms with Crippen molar-refractivity contribution in [2.45, 2.75) is 31.8 Å². The Balaban J connectivity index is 1.68. The van der Waals surface area contributed by atoms with E-state index < -0.39 is 5.60 Å². The molecule has 1 amide bonds. The van der Waals surface area contributed by atoms with Gasteiger partial charge in [0.25, 0.3) is 0 Å².